The topological polar surface area (TPSA) is 57.6 Å². The van der Waals surface area contributed by atoms with E-state index in [1.807, 2.05) is 13.8 Å². The summed E-state index contributed by atoms with van der Waals surface area (Å²) in [5, 5.41) is 11.9. The summed E-state index contributed by atoms with van der Waals surface area (Å²) in [7, 11) is -4.56. The molecule has 0 unspecified atom stereocenters. The monoisotopic (exact) mass is 509 g/mol. The van der Waals surface area contributed by atoms with Crippen LogP contribution in [0.25, 0.3) is 10.7 Å². The number of sulfonamides is 1. The van der Waals surface area contributed by atoms with Gasteiger partial charge < -0.3 is 12.5 Å². The maximum Gasteiger partial charge on any atom is 0.407 e. The predicted molar refractivity (Wildman–Crippen MR) is 105 cm³/mol. The number of hydrogen-bond acceptors (Lipinski definition) is 4. The number of nitrogens with zero attached hydrogens (tertiary/aromatic N) is 1. The van der Waals surface area contributed by atoms with Crippen LogP contribution in [0, 0.1) is 14.4 Å². The standard InChI is InChI=1S/C15H12F3NO3S2.C2H6.CH3.Y/c1-9-4-2-3-5-10(9)14-12(20)13-11(6-7-23-13)19(24(14,21)22)8-15(16,17)18;1-2;;/h2-7,20H,8H2,1H3;1-2H3;1H3;/q;;-1;. The van der Waals surface area contributed by atoms with E-state index >= 15 is 0 Å². The van der Waals surface area contributed by atoms with Crippen LogP contribution >= 0.6 is 11.3 Å². The van der Waals surface area contributed by atoms with E-state index in [0.29, 0.717) is 9.87 Å². The number of aliphatic hydroxyl groups is 1. The molecular weight excluding hydrogens is 488 g/mol. The fourth-order valence-electron chi connectivity index (χ4n) is 2.57. The van der Waals surface area contributed by atoms with Gasteiger partial charge in [-0.1, -0.05) is 38.1 Å². The Labute approximate surface area is 193 Å². The van der Waals surface area contributed by atoms with Crippen molar-refractivity contribution in [2.75, 3.05) is 10.8 Å². The van der Waals surface area contributed by atoms with Gasteiger partial charge >= 0.3 is 6.18 Å². The van der Waals surface area contributed by atoms with E-state index < -0.39 is 33.4 Å². The van der Waals surface area contributed by atoms with Gasteiger partial charge in [0, 0.05) is 38.3 Å². The molecule has 4 nitrogen and oxygen atoms in total. The number of halogens is 3. The average Bonchev–Trinajstić information content (AvgIpc) is 3.04. The van der Waals surface area contributed by atoms with Crippen molar-refractivity contribution >= 4 is 37.7 Å². The Morgan fingerprint density at radius 3 is 2.25 bits per heavy atom. The van der Waals surface area contributed by atoms with Crippen LogP contribution in [0.4, 0.5) is 18.9 Å². The van der Waals surface area contributed by atoms with Gasteiger partial charge in [0.25, 0.3) is 10.0 Å². The summed E-state index contributed by atoms with van der Waals surface area (Å²) in [5.74, 6) is -0.521. The van der Waals surface area contributed by atoms with Crippen LogP contribution in [0.3, 0.4) is 0 Å². The fourth-order valence-corrected chi connectivity index (χ4v) is 5.34. The molecule has 0 fully saturated rings. The molecule has 28 heavy (non-hydrogen) atoms. The largest absolute Gasteiger partial charge is 0.505 e. The maximum atomic E-state index is 12.9. The molecule has 1 aliphatic heterocycles. The van der Waals surface area contributed by atoms with Gasteiger partial charge in [-0.3, -0.25) is 4.31 Å². The first-order valence-electron chi connectivity index (χ1n) is 7.79. The van der Waals surface area contributed by atoms with Crippen molar-refractivity contribution in [3.8, 4) is 0 Å². The van der Waals surface area contributed by atoms with Gasteiger partial charge in [-0.25, -0.2) is 8.42 Å². The summed E-state index contributed by atoms with van der Waals surface area (Å²) in [6.45, 7) is 3.98. The zero-order valence-corrected chi connectivity index (χ0v) is 20.4. The summed E-state index contributed by atoms with van der Waals surface area (Å²) >= 11 is 0.987. The van der Waals surface area contributed by atoms with E-state index in [2.05, 4.69) is 0 Å². The van der Waals surface area contributed by atoms with E-state index in [-0.39, 0.29) is 56.3 Å². The quantitative estimate of drug-likeness (QED) is 0.535. The average molecular weight is 509 g/mol. The van der Waals surface area contributed by atoms with E-state index in [1.165, 1.54) is 17.5 Å². The first-order valence-corrected chi connectivity index (χ1v) is 10.1. The SMILES string of the molecule is CC.Cc1ccccc1C1=C(O)c2sccc2N(CC(F)(F)F)S1(=O)=O.[CH3-].[Y]. The first-order chi connectivity index (χ1) is 12.1. The molecule has 0 spiro atoms. The number of thiophene rings is 1. The molecule has 2 aromatic rings. The molecule has 0 bridgehead atoms. The number of benzene rings is 1. The van der Waals surface area contributed by atoms with Crippen LogP contribution in [0.15, 0.2) is 35.7 Å². The second kappa shape index (κ2) is 10.2. The molecule has 0 saturated carbocycles. The van der Waals surface area contributed by atoms with E-state index in [4.69, 9.17) is 0 Å². The van der Waals surface area contributed by atoms with Crippen molar-refractivity contribution in [2.45, 2.75) is 26.9 Å². The molecule has 0 atom stereocenters. The van der Waals surface area contributed by atoms with E-state index in [0.717, 1.165) is 11.3 Å². The molecule has 0 aliphatic carbocycles. The molecule has 1 aromatic heterocycles. The third-order valence-corrected chi connectivity index (χ3v) is 6.35. The summed E-state index contributed by atoms with van der Waals surface area (Å²) in [6.07, 6.45) is -4.71. The second-order valence-corrected chi connectivity index (χ2v) is 7.97. The van der Waals surface area contributed by atoms with Crippen LogP contribution in [0.5, 0.6) is 0 Å². The van der Waals surface area contributed by atoms with Gasteiger partial charge in [0.15, 0.2) is 5.76 Å². The van der Waals surface area contributed by atoms with Crippen LogP contribution in [-0.4, -0.2) is 26.2 Å². The van der Waals surface area contributed by atoms with Crippen LogP contribution in [0.1, 0.15) is 29.9 Å². The summed E-state index contributed by atoms with van der Waals surface area (Å²) < 4.78 is 64.7. The molecule has 3 rings (SSSR count). The molecule has 1 N–H and O–H groups in total. The predicted octanol–water partition coefficient (Wildman–Crippen LogP) is 5.63. The Morgan fingerprint density at radius 2 is 1.71 bits per heavy atom. The number of hydrogen-bond donors (Lipinski definition) is 1. The number of aliphatic hydroxyl groups excluding tert-OH is 1. The third-order valence-electron chi connectivity index (χ3n) is 3.60. The molecule has 1 aliphatic rings. The summed E-state index contributed by atoms with van der Waals surface area (Å²) in [5.41, 5.74) is 0.558. The van der Waals surface area contributed by atoms with Gasteiger partial charge in [-0.05, 0) is 23.9 Å². The van der Waals surface area contributed by atoms with Crippen molar-refractivity contribution < 1.29 is 59.4 Å². The minimum absolute atomic E-state index is 0. The fraction of sp³-hybridized carbons (Fsp3) is 0.278. The third kappa shape index (κ3) is 5.17. The van der Waals surface area contributed by atoms with Crippen LogP contribution in [0.2, 0.25) is 0 Å². The Kier molecular flexibility index (Phi) is 9.90. The number of alkyl halides is 3. The van der Waals surface area contributed by atoms with Crippen LogP contribution in [-0.2, 0) is 42.7 Å². The van der Waals surface area contributed by atoms with Gasteiger partial charge in [-0.15, -0.1) is 11.3 Å². The minimum atomic E-state index is -4.71. The van der Waals surface area contributed by atoms with Crippen LogP contribution < -0.4 is 4.31 Å². The van der Waals surface area contributed by atoms with Gasteiger partial charge in [0.05, 0.1) is 10.6 Å². The number of rotatable bonds is 2. The smallest absolute Gasteiger partial charge is 0.407 e. The van der Waals surface area contributed by atoms with Gasteiger partial charge in [0.2, 0.25) is 0 Å². The Bertz CT molecular complexity index is 938. The zero-order valence-electron chi connectivity index (χ0n) is 15.9. The number of anilines is 1. The Balaban J connectivity index is 0.00000177. The molecule has 10 heteroatoms. The van der Waals surface area contributed by atoms with Crippen molar-refractivity contribution in [3.05, 3.63) is 59.1 Å². The van der Waals surface area contributed by atoms with Crippen molar-refractivity contribution in [2.24, 2.45) is 0 Å². The first kappa shape index (κ1) is 27.1. The molecule has 1 aromatic carbocycles. The maximum absolute atomic E-state index is 12.9. The summed E-state index contributed by atoms with van der Waals surface area (Å²) in [4.78, 5) is -0.396. The molecule has 0 amide bonds. The zero-order chi connectivity index (χ0) is 19.7. The number of aryl methyl sites for hydroxylation is 1. The normalized spacial score (nSPS) is 14.9. The van der Waals surface area contributed by atoms with Gasteiger partial charge in [0.1, 0.15) is 11.4 Å². The summed E-state index contributed by atoms with van der Waals surface area (Å²) in [6, 6.07) is 7.59. The molecular formula is C18H21F3NO3S2Y-. The van der Waals surface area contributed by atoms with Crippen molar-refractivity contribution in [3.63, 3.8) is 0 Å². The molecule has 1 radical (unpaired) electrons. The molecule has 2 heterocycles. The van der Waals surface area contributed by atoms with E-state index in [9.17, 15) is 26.7 Å². The Morgan fingerprint density at radius 1 is 1.14 bits per heavy atom. The second-order valence-electron chi connectivity index (χ2n) is 5.25. The van der Waals surface area contributed by atoms with Crippen molar-refractivity contribution in [1.82, 2.24) is 0 Å². The van der Waals surface area contributed by atoms with E-state index in [1.54, 1.807) is 25.1 Å². The molecule has 0 saturated heterocycles. The minimum Gasteiger partial charge on any atom is -0.505 e. The molecule has 153 valence electrons. The van der Waals surface area contributed by atoms with Crippen molar-refractivity contribution in [1.29, 1.82) is 0 Å². The van der Waals surface area contributed by atoms with Gasteiger partial charge in [-0.2, -0.15) is 13.2 Å². The number of fused-ring (bicyclic) bond motifs is 1. The Hall–Kier alpha value is -0.896.